The average molecular weight is 248 g/mol. The van der Waals surface area contributed by atoms with Crippen LogP contribution in [0.2, 0.25) is 0 Å². The van der Waals surface area contributed by atoms with Gasteiger partial charge in [0.05, 0.1) is 5.92 Å². The fourth-order valence-corrected chi connectivity index (χ4v) is 1.60. The molecule has 0 saturated carbocycles. The van der Waals surface area contributed by atoms with Crippen molar-refractivity contribution in [2.75, 3.05) is 0 Å². The van der Waals surface area contributed by atoms with E-state index in [1.54, 1.807) is 0 Å². The first-order valence-electron chi connectivity index (χ1n) is 4.16. The molecule has 0 spiro atoms. The van der Waals surface area contributed by atoms with Gasteiger partial charge in [-0.05, 0) is 6.42 Å². The maximum atomic E-state index is 10.7. The summed E-state index contributed by atoms with van der Waals surface area (Å²) in [5.74, 6) is -1.44. The Labute approximate surface area is 93.2 Å². The van der Waals surface area contributed by atoms with E-state index in [0.717, 1.165) is 12.8 Å². The van der Waals surface area contributed by atoms with Gasteiger partial charge in [0.1, 0.15) is 0 Å². The van der Waals surface area contributed by atoms with Gasteiger partial charge < -0.3 is 5.11 Å². The summed E-state index contributed by atoms with van der Waals surface area (Å²) in [6.45, 7) is 1.99. The molecule has 78 valence electrons. The van der Waals surface area contributed by atoms with Crippen molar-refractivity contribution >= 4 is 40.8 Å². The predicted molar refractivity (Wildman–Crippen MR) is 55.6 cm³/mol. The number of aliphatic carboxylic acids is 1. The van der Waals surface area contributed by atoms with Crippen LogP contribution in [0.4, 0.5) is 0 Å². The number of carbonyl (C=O) groups is 1. The SMILES string of the molecule is CCCCC(CC(Cl)(Cl)Cl)C(=O)O. The largest absolute Gasteiger partial charge is 0.481 e. The summed E-state index contributed by atoms with van der Waals surface area (Å²) in [4.78, 5) is 10.7. The van der Waals surface area contributed by atoms with Crippen molar-refractivity contribution < 1.29 is 9.90 Å². The van der Waals surface area contributed by atoms with Gasteiger partial charge in [0, 0.05) is 6.42 Å². The summed E-state index contributed by atoms with van der Waals surface area (Å²) in [5, 5.41) is 8.79. The summed E-state index contributed by atoms with van der Waals surface area (Å²) in [6.07, 6.45) is 2.44. The molecule has 0 fully saturated rings. The van der Waals surface area contributed by atoms with Crippen LogP contribution in [0.3, 0.4) is 0 Å². The molecule has 0 rings (SSSR count). The van der Waals surface area contributed by atoms with Gasteiger partial charge in [-0.25, -0.2) is 0 Å². The fraction of sp³-hybridized carbons (Fsp3) is 0.875. The van der Waals surface area contributed by atoms with Crippen LogP contribution in [0.15, 0.2) is 0 Å². The Kier molecular flexibility index (Phi) is 6.10. The first kappa shape index (κ1) is 13.3. The number of unbranched alkanes of at least 4 members (excludes halogenated alkanes) is 1. The van der Waals surface area contributed by atoms with Gasteiger partial charge in [-0.2, -0.15) is 0 Å². The molecule has 0 amide bonds. The summed E-state index contributed by atoms with van der Waals surface area (Å²) in [6, 6.07) is 0. The van der Waals surface area contributed by atoms with Crippen LogP contribution < -0.4 is 0 Å². The summed E-state index contributed by atoms with van der Waals surface area (Å²) in [5.41, 5.74) is 0. The lowest BCUT2D eigenvalue weighted by Gasteiger charge is -2.16. The smallest absolute Gasteiger partial charge is 0.306 e. The zero-order valence-corrected chi connectivity index (χ0v) is 9.66. The van der Waals surface area contributed by atoms with Crippen molar-refractivity contribution in [1.29, 1.82) is 0 Å². The van der Waals surface area contributed by atoms with Crippen LogP contribution in [0.5, 0.6) is 0 Å². The standard InChI is InChI=1S/C8H13Cl3O2/c1-2-3-4-6(7(12)13)5-8(9,10)11/h6H,2-5H2,1H3,(H,12,13). The molecule has 0 aromatic carbocycles. The maximum absolute atomic E-state index is 10.7. The lowest BCUT2D eigenvalue weighted by atomic mass is 10.00. The van der Waals surface area contributed by atoms with E-state index >= 15 is 0 Å². The van der Waals surface area contributed by atoms with Gasteiger partial charge in [0.2, 0.25) is 0 Å². The maximum Gasteiger partial charge on any atom is 0.306 e. The minimum absolute atomic E-state index is 0.0764. The third-order valence-electron chi connectivity index (χ3n) is 1.73. The molecule has 0 heterocycles. The zero-order chi connectivity index (χ0) is 10.5. The van der Waals surface area contributed by atoms with E-state index in [4.69, 9.17) is 39.9 Å². The third kappa shape index (κ3) is 7.41. The molecule has 0 aromatic rings. The highest BCUT2D eigenvalue weighted by molar-refractivity contribution is 6.67. The molecule has 0 saturated heterocycles. The predicted octanol–water partition coefficient (Wildman–Crippen LogP) is 3.64. The highest BCUT2D eigenvalue weighted by Gasteiger charge is 2.29. The van der Waals surface area contributed by atoms with Gasteiger partial charge in [-0.15, -0.1) is 0 Å². The Morgan fingerprint density at radius 2 is 2.00 bits per heavy atom. The van der Waals surface area contributed by atoms with Crippen molar-refractivity contribution in [3.63, 3.8) is 0 Å². The lowest BCUT2D eigenvalue weighted by molar-refractivity contribution is -0.142. The van der Waals surface area contributed by atoms with Gasteiger partial charge in [0.15, 0.2) is 3.79 Å². The normalized spacial score (nSPS) is 14.2. The van der Waals surface area contributed by atoms with Gasteiger partial charge in [-0.3, -0.25) is 4.79 Å². The van der Waals surface area contributed by atoms with Crippen molar-refractivity contribution in [3.8, 4) is 0 Å². The first-order chi connectivity index (χ1) is 5.87. The second-order valence-corrected chi connectivity index (χ2v) is 5.51. The fourth-order valence-electron chi connectivity index (χ4n) is 1.04. The van der Waals surface area contributed by atoms with Crippen molar-refractivity contribution in [2.45, 2.75) is 36.4 Å². The first-order valence-corrected chi connectivity index (χ1v) is 5.29. The molecule has 1 N–H and O–H groups in total. The van der Waals surface area contributed by atoms with Crippen LogP contribution in [0.25, 0.3) is 0 Å². The Bertz CT molecular complexity index is 165. The van der Waals surface area contributed by atoms with Gasteiger partial charge in [0.25, 0.3) is 0 Å². The second-order valence-electron chi connectivity index (χ2n) is 3.00. The monoisotopic (exact) mass is 246 g/mol. The number of hydrogen-bond acceptors (Lipinski definition) is 1. The second kappa shape index (κ2) is 5.94. The minimum Gasteiger partial charge on any atom is -0.481 e. The summed E-state index contributed by atoms with van der Waals surface area (Å²) >= 11 is 16.6. The van der Waals surface area contributed by atoms with Gasteiger partial charge in [-0.1, -0.05) is 54.6 Å². The van der Waals surface area contributed by atoms with Crippen LogP contribution in [0, 0.1) is 5.92 Å². The molecule has 0 aliphatic carbocycles. The summed E-state index contributed by atoms with van der Waals surface area (Å²) in [7, 11) is 0. The molecule has 0 bridgehead atoms. The van der Waals surface area contributed by atoms with E-state index in [-0.39, 0.29) is 6.42 Å². The molecule has 13 heavy (non-hydrogen) atoms. The van der Waals surface area contributed by atoms with Crippen LogP contribution in [-0.4, -0.2) is 14.9 Å². The average Bonchev–Trinajstić information content (AvgIpc) is 1.95. The number of halogens is 3. The van der Waals surface area contributed by atoms with E-state index in [9.17, 15) is 4.79 Å². The van der Waals surface area contributed by atoms with E-state index in [1.807, 2.05) is 6.92 Å². The number of carboxylic acid groups (broad SMARTS) is 1. The molecule has 0 aliphatic rings. The Morgan fingerprint density at radius 1 is 1.46 bits per heavy atom. The van der Waals surface area contributed by atoms with E-state index in [2.05, 4.69) is 0 Å². The zero-order valence-electron chi connectivity index (χ0n) is 7.40. The molecule has 0 aromatic heterocycles. The summed E-state index contributed by atoms with van der Waals surface area (Å²) < 4.78 is -1.46. The molecular formula is C8H13Cl3O2. The van der Waals surface area contributed by atoms with E-state index < -0.39 is 15.7 Å². The Balaban J connectivity index is 4.03. The van der Waals surface area contributed by atoms with E-state index in [0.29, 0.717) is 6.42 Å². The molecule has 2 nitrogen and oxygen atoms in total. The van der Waals surface area contributed by atoms with Crippen LogP contribution in [-0.2, 0) is 4.79 Å². The van der Waals surface area contributed by atoms with Crippen molar-refractivity contribution in [2.24, 2.45) is 5.92 Å². The van der Waals surface area contributed by atoms with Crippen molar-refractivity contribution in [3.05, 3.63) is 0 Å². The Morgan fingerprint density at radius 3 is 2.31 bits per heavy atom. The number of hydrogen-bond donors (Lipinski definition) is 1. The number of rotatable bonds is 5. The minimum atomic E-state index is -1.46. The molecular weight excluding hydrogens is 234 g/mol. The van der Waals surface area contributed by atoms with Crippen molar-refractivity contribution in [1.82, 2.24) is 0 Å². The molecule has 0 aliphatic heterocycles. The highest BCUT2D eigenvalue weighted by Crippen LogP contribution is 2.35. The third-order valence-corrected chi connectivity index (χ3v) is 2.20. The van der Waals surface area contributed by atoms with Crippen LogP contribution >= 0.6 is 34.8 Å². The molecule has 1 unspecified atom stereocenters. The van der Waals surface area contributed by atoms with Crippen LogP contribution in [0.1, 0.15) is 32.6 Å². The lowest BCUT2D eigenvalue weighted by Crippen LogP contribution is -2.20. The quantitative estimate of drug-likeness (QED) is 0.753. The van der Waals surface area contributed by atoms with Gasteiger partial charge >= 0.3 is 5.97 Å². The molecule has 1 atom stereocenters. The molecule has 0 radical (unpaired) electrons. The Hall–Kier alpha value is 0.340. The number of carboxylic acids is 1. The topological polar surface area (TPSA) is 37.3 Å². The molecule has 5 heteroatoms. The number of alkyl halides is 3. The van der Waals surface area contributed by atoms with E-state index in [1.165, 1.54) is 0 Å². The highest BCUT2D eigenvalue weighted by atomic mass is 35.6.